The smallest absolute Gasteiger partial charge is 0.345 e. The van der Waals surface area contributed by atoms with Gasteiger partial charge >= 0.3 is 23.6 Å². The third-order valence-electron chi connectivity index (χ3n) is 3.29. The maximum Gasteiger partial charge on any atom is 0.345 e. The minimum atomic E-state index is -1.57. The number of nitrogen functional groups attached to an aromatic ring is 1. The molecule has 27 heavy (non-hydrogen) atoms. The molecule has 0 unspecified atom stereocenters. The van der Waals surface area contributed by atoms with Gasteiger partial charge in [0.15, 0.2) is 5.92 Å². The fourth-order valence-electron chi connectivity index (χ4n) is 2.17. The number of methoxy groups -OCH3 is 2. The van der Waals surface area contributed by atoms with Crippen LogP contribution in [0.2, 0.25) is 0 Å². The summed E-state index contributed by atoms with van der Waals surface area (Å²) in [6.45, 7) is 4.75. The standard InChI is InChI=1S/C16H19IN2O8/c1-16(2,3)27-13(20)8-6-7(9(14(21)25-4)15(22)26-5)10(17)11(18)12(8)19(23)24/h6,9H,18H2,1-5H3. The first-order valence-electron chi connectivity index (χ1n) is 7.51. The molecule has 11 heteroatoms. The van der Waals surface area contributed by atoms with Gasteiger partial charge in [-0.25, -0.2) is 4.79 Å². The first-order valence-corrected chi connectivity index (χ1v) is 8.58. The van der Waals surface area contributed by atoms with Gasteiger partial charge in [0, 0.05) is 3.57 Å². The van der Waals surface area contributed by atoms with Gasteiger partial charge in [0.25, 0.3) is 0 Å². The van der Waals surface area contributed by atoms with Crippen molar-refractivity contribution in [3.8, 4) is 0 Å². The van der Waals surface area contributed by atoms with E-state index in [9.17, 15) is 24.5 Å². The quantitative estimate of drug-likeness (QED) is 0.124. The summed E-state index contributed by atoms with van der Waals surface area (Å²) in [5, 5.41) is 11.5. The molecule has 0 amide bonds. The number of nitro benzene ring substituents is 1. The fourth-order valence-corrected chi connectivity index (χ4v) is 2.90. The molecule has 2 N–H and O–H groups in total. The van der Waals surface area contributed by atoms with Gasteiger partial charge < -0.3 is 19.9 Å². The number of carbonyl (C=O) groups excluding carboxylic acids is 3. The Morgan fingerprint density at radius 2 is 1.67 bits per heavy atom. The molecule has 148 valence electrons. The maximum absolute atomic E-state index is 12.5. The van der Waals surface area contributed by atoms with E-state index >= 15 is 0 Å². The number of hydrogen-bond donors (Lipinski definition) is 1. The monoisotopic (exact) mass is 494 g/mol. The number of benzene rings is 1. The third-order valence-corrected chi connectivity index (χ3v) is 4.49. The zero-order valence-corrected chi connectivity index (χ0v) is 17.5. The number of nitro groups is 1. The third kappa shape index (κ3) is 5.05. The molecule has 10 nitrogen and oxygen atoms in total. The molecule has 0 bridgehead atoms. The number of nitrogens with two attached hydrogens (primary N) is 1. The van der Waals surface area contributed by atoms with Crippen LogP contribution in [-0.2, 0) is 23.8 Å². The van der Waals surface area contributed by atoms with Crippen LogP contribution in [0.4, 0.5) is 11.4 Å². The topological polar surface area (TPSA) is 148 Å². The Balaban J connectivity index is 3.78. The summed E-state index contributed by atoms with van der Waals surface area (Å²) in [4.78, 5) is 47.3. The van der Waals surface area contributed by atoms with E-state index in [0.29, 0.717) is 0 Å². The average molecular weight is 494 g/mol. The number of rotatable bonds is 5. The van der Waals surface area contributed by atoms with Crippen LogP contribution < -0.4 is 5.73 Å². The van der Waals surface area contributed by atoms with Gasteiger partial charge in [-0.05, 0) is 55.0 Å². The molecule has 0 radical (unpaired) electrons. The number of ether oxygens (including phenoxy) is 3. The highest BCUT2D eigenvalue weighted by Crippen LogP contribution is 2.38. The highest BCUT2D eigenvalue weighted by Gasteiger charge is 2.38. The van der Waals surface area contributed by atoms with Gasteiger partial charge in [0.05, 0.1) is 19.1 Å². The van der Waals surface area contributed by atoms with Crippen molar-refractivity contribution in [3.63, 3.8) is 0 Å². The molecule has 1 aromatic rings. The minimum absolute atomic E-state index is 0.0485. The second-order valence-electron chi connectivity index (χ2n) is 6.33. The molecule has 0 saturated carbocycles. The van der Waals surface area contributed by atoms with E-state index in [1.165, 1.54) is 0 Å². The molecule has 0 heterocycles. The van der Waals surface area contributed by atoms with Crippen molar-refractivity contribution in [3.05, 3.63) is 30.9 Å². The summed E-state index contributed by atoms with van der Waals surface area (Å²) in [5.74, 6) is -4.53. The van der Waals surface area contributed by atoms with E-state index in [4.69, 9.17) is 10.5 Å². The maximum atomic E-state index is 12.5. The number of carbonyl (C=O) groups is 3. The molecule has 0 saturated heterocycles. The van der Waals surface area contributed by atoms with Crippen molar-refractivity contribution in [2.24, 2.45) is 0 Å². The van der Waals surface area contributed by atoms with Crippen molar-refractivity contribution in [1.29, 1.82) is 0 Å². The lowest BCUT2D eigenvalue weighted by molar-refractivity contribution is -0.384. The largest absolute Gasteiger partial charge is 0.468 e. The molecule has 0 aliphatic rings. The molecule has 0 fully saturated rings. The predicted molar refractivity (Wildman–Crippen MR) is 102 cm³/mol. The zero-order valence-electron chi connectivity index (χ0n) is 15.3. The van der Waals surface area contributed by atoms with Crippen LogP contribution in [0, 0.1) is 13.7 Å². The Bertz CT molecular complexity index is 785. The van der Waals surface area contributed by atoms with Gasteiger partial charge in [-0.1, -0.05) is 0 Å². The fraction of sp³-hybridized carbons (Fsp3) is 0.438. The van der Waals surface area contributed by atoms with E-state index in [1.807, 2.05) is 0 Å². The molecule has 0 spiro atoms. The number of nitrogens with zero attached hydrogens (tertiary/aromatic N) is 1. The molecule has 0 aromatic heterocycles. The van der Waals surface area contributed by atoms with Gasteiger partial charge in [0.1, 0.15) is 16.9 Å². The molecule has 1 rings (SSSR count). The van der Waals surface area contributed by atoms with Crippen molar-refractivity contribution in [2.75, 3.05) is 20.0 Å². The highest BCUT2D eigenvalue weighted by atomic mass is 127. The molecule has 1 aromatic carbocycles. The minimum Gasteiger partial charge on any atom is -0.468 e. The number of hydrogen-bond acceptors (Lipinski definition) is 9. The van der Waals surface area contributed by atoms with Crippen LogP contribution in [-0.4, -0.2) is 42.7 Å². The Kier molecular flexibility index (Phi) is 7.11. The molecular formula is C16H19IN2O8. The Morgan fingerprint density at radius 3 is 2.04 bits per heavy atom. The lowest BCUT2D eigenvalue weighted by Crippen LogP contribution is -2.28. The average Bonchev–Trinajstić information content (AvgIpc) is 2.55. The van der Waals surface area contributed by atoms with Gasteiger partial charge in [-0.3, -0.25) is 19.7 Å². The van der Waals surface area contributed by atoms with E-state index in [-0.39, 0.29) is 14.8 Å². The molecular weight excluding hydrogens is 475 g/mol. The van der Waals surface area contributed by atoms with E-state index in [2.05, 4.69) is 9.47 Å². The summed E-state index contributed by atoms with van der Waals surface area (Å²) in [6.07, 6.45) is 0. The summed E-state index contributed by atoms with van der Waals surface area (Å²) >= 11 is 1.65. The molecule has 0 atom stereocenters. The molecule has 0 aliphatic heterocycles. The van der Waals surface area contributed by atoms with E-state index in [1.54, 1.807) is 43.4 Å². The SMILES string of the molecule is COC(=O)C(C(=O)OC)c1cc(C(=O)OC(C)(C)C)c([N+](=O)[O-])c(N)c1I. The van der Waals surface area contributed by atoms with E-state index < -0.39 is 45.6 Å². The summed E-state index contributed by atoms with van der Waals surface area (Å²) in [5.41, 5.74) is 3.31. The van der Waals surface area contributed by atoms with Gasteiger partial charge in [-0.15, -0.1) is 0 Å². The zero-order chi connectivity index (χ0) is 21.1. The first kappa shape index (κ1) is 22.6. The summed E-state index contributed by atoms with van der Waals surface area (Å²) in [6, 6.07) is 1.03. The van der Waals surface area contributed by atoms with Crippen LogP contribution in [0.25, 0.3) is 0 Å². The number of esters is 3. The normalized spacial score (nSPS) is 11.1. The van der Waals surface area contributed by atoms with Crippen molar-refractivity contribution in [1.82, 2.24) is 0 Å². The van der Waals surface area contributed by atoms with Crippen LogP contribution in [0.15, 0.2) is 6.07 Å². The van der Waals surface area contributed by atoms with Gasteiger partial charge in [-0.2, -0.15) is 0 Å². The van der Waals surface area contributed by atoms with Gasteiger partial charge in [0.2, 0.25) is 0 Å². The van der Waals surface area contributed by atoms with Crippen molar-refractivity contribution < 1.29 is 33.5 Å². The predicted octanol–water partition coefficient (Wildman–Crippen LogP) is 2.17. The number of anilines is 1. The van der Waals surface area contributed by atoms with Crippen LogP contribution in [0.5, 0.6) is 0 Å². The Morgan fingerprint density at radius 1 is 1.19 bits per heavy atom. The van der Waals surface area contributed by atoms with Crippen LogP contribution >= 0.6 is 22.6 Å². The van der Waals surface area contributed by atoms with Crippen LogP contribution in [0.1, 0.15) is 42.6 Å². The Hall–Kier alpha value is -2.44. The van der Waals surface area contributed by atoms with Crippen molar-refractivity contribution in [2.45, 2.75) is 32.3 Å². The van der Waals surface area contributed by atoms with Crippen molar-refractivity contribution >= 4 is 51.9 Å². The lowest BCUT2D eigenvalue weighted by atomic mass is 9.95. The first-order chi connectivity index (χ1) is 12.4. The second-order valence-corrected chi connectivity index (χ2v) is 7.41. The Labute approximate surface area is 168 Å². The second kappa shape index (κ2) is 8.50. The highest BCUT2D eigenvalue weighted by molar-refractivity contribution is 14.1. The lowest BCUT2D eigenvalue weighted by Gasteiger charge is -2.21. The van der Waals surface area contributed by atoms with Crippen LogP contribution in [0.3, 0.4) is 0 Å². The number of halogens is 1. The van der Waals surface area contributed by atoms with E-state index in [0.717, 1.165) is 20.3 Å². The summed E-state index contributed by atoms with van der Waals surface area (Å²) in [7, 11) is 2.13. The molecule has 0 aliphatic carbocycles. The summed E-state index contributed by atoms with van der Waals surface area (Å²) < 4.78 is 14.5.